The second-order valence-corrected chi connectivity index (χ2v) is 5.82. The van der Waals surface area contributed by atoms with Crippen LogP contribution in [0.2, 0.25) is 0 Å². The molecule has 1 unspecified atom stereocenters. The lowest BCUT2D eigenvalue weighted by Gasteiger charge is -2.19. The van der Waals surface area contributed by atoms with Gasteiger partial charge in [0.25, 0.3) is 0 Å². The van der Waals surface area contributed by atoms with Crippen LogP contribution in [0.25, 0.3) is 0 Å². The predicted octanol–water partition coefficient (Wildman–Crippen LogP) is 4.06. The van der Waals surface area contributed by atoms with Gasteiger partial charge in [-0.25, -0.2) is 4.39 Å². The summed E-state index contributed by atoms with van der Waals surface area (Å²) in [4.78, 5) is 16.5. The molecule has 1 aromatic heterocycles. The van der Waals surface area contributed by atoms with Crippen molar-refractivity contribution in [2.45, 2.75) is 18.9 Å². The van der Waals surface area contributed by atoms with E-state index in [9.17, 15) is 9.18 Å². The third-order valence-corrected chi connectivity index (χ3v) is 4.01. The number of benzene rings is 2. The Bertz CT molecular complexity index is 782. The third-order valence-electron chi connectivity index (χ3n) is 4.01. The SMILES string of the molecule is O=C(CCc1cccc(F)c1)NC(c1ccccc1)c1ccncc1. The van der Waals surface area contributed by atoms with E-state index < -0.39 is 0 Å². The van der Waals surface area contributed by atoms with Gasteiger partial charge in [-0.1, -0.05) is 42.5 Å². The van der Waals surface area contributed by atoms with Crippen molar-refractivity contribution in [2.75, 3.05) is 0 Å². The quantitative estimate of drug-likeness (QED) is 0.739. The molecule has 0 spiro atoms. The molecule has 0 saturated heterocycles. The summed E-state index contributed by atoms with van der Waals surface area (Å²) in [5.74, 6) is -0.355. The molecule has 1 heterocycles. The highest BCUT2D eigenvalue weighted by molar-refractivity contribution is 5.77. The van der Waals surface area contributed by atoms with Crippen LogP contribution in [0, 0.1) is 5.82 Å². The molecule has 0 bridgehead atoms. The van der Waals surface area contributed by atoms with E-state index >= 15 is 0 Å². The molecule has 0 radical (unpaired) electrons. The van der Waals surface area contributed by atoms with E-state index in [0.29, 0.717) is 12.8 Å². The van der Waals surface area contributed by atoms with Crippen LogP contribution >= 0.6 is 0 Å². The monoisotopic (exact) mass is 334 g/mol. The van der Waals surface area contributed by atoms with Gasteiger partial charge in [0.1, 0.15) is 5.82 Å². The van der Waals surface area contributed by atoms with Gasteiger partial charge < -0.3 is 5.32 Å². The summed E-state index contributed by atoms with van der Waals surface area (Å²) in [6, 6.07) is 19.7. The molecule has 1 atom stereocenters. The molecule has 2 aromatic carbocycles. The molecular weight excluding hydrogens is 315 g/mol. The smallest absolute Gasteiger partial charge is 0.221 e. The summed E-state index contributed by atoms with van der Waals surface area (Å²) in [6.07, 6.45) is 4.23. The number of carbonyl (C=O) groups excluding carboxylic acids is 1. The Morgan fingerprint density at radius 3 is 2.40 bits per heavy atom. The van der Waals surface area contributed by atoms with E-state index in [1.54, 1.807) is 18.5 Å². The summed E-state index contributed by atoms with van der Waals surface area (Å²) in [5, 5.41) is 3.07. The van der Waals surface area contributed by atoms with Crippen molar-refractivity contribution in [3.63, 3.8) is 0 Å². The zero-order valence-corrected chi connectivity index (χ0v) is 13.7. The Morgan fingerprint density at radius 1 is 0.960 bits per heavy atom. The first-order chi connectivity index (χ1) is 12.2. The van der Waals surface area contributed by atoms with Crippen LogP contribution in [0.5, 0.6) is 0 Å². The topological polar surface area (TPSA) is 42.0 Å². The average Bonchev–Trinajstić information content (AvgIpc) is 2.66. The zero-order valence-electron chi connectivity index (χ0n) is 13.7. The van der Waals surface area contributed by atoms with E-state index in [1.807, 2.05) is 48.5 Å². The molecule has 0 aliphatic carbocycles. The number of hydrogen-bond acceptors (Lipinski definition) is 2. The highest BCUT2D eigenvalue weighted by Crippen LogP contribution is 2.21. The number of carbonyl (C=O) groups is 1. The van der Waals surface area contributed by atoms with Crippen LogP contribution < -0.4 is 5.32 Å². The van der Waals surface area contributed by atoms with Gasteiger partial charge in [0.2, 0.25) is 5.91 Å². The standard InChI is InChI=1S/C21H19FN2O/c22-19-8-4-5-16(15-19)9-10-20(25)24-21(17-6-2-1-3-7-17)18-11-13-23-14-12-18/h1-8,11-15,21H,9-10H2,(H,24,25). The first-order valence-electron chi connectivity index (χ1n) is 8.21. The van der Waals surface area contributed by atoms with Crippen LogP contribution in [0.3, 0.4) is 0 Å². The van der Waals surface area contributed by atoms with Crippen molar-refractivity contribution in [3.05, 3.63) is 102 Å². The molecule has 3 nitrogen and oxygen atoms in total. The van der Waals surface area contributed by atoms with Gasteiger partial charge in [-0.05, 0) is 47.4 Å². The summed E-state index contributed by atoms with van der Waals surface area (Å²) in [5.41, 5.74) is 2.79. The number of nitrogens with one attached hydrogen (secondary N) is 1. The highest BCUT2D eigenvalue weighted by atomic mass is 19.1. The molecule has 3 rings (SSSR count). The van der Waals surface area contributed by atoms with Gasteiger partial charge in [0.05, 0.1) is 6.04 Å². The number of hydrogen-bond donors (Lipinski definition) is 1. The second kappa shape index (κ2) is 8.20. The van der Waals surface area contributed by atoms with Gasteiger partial charge in [0, 0.05) is 18.8 Å². The second-order valence-electron chi connectivity index (χ2n) is 5.82. The number of halogens is 1. The lowest BCUT2D eigenvalue weighted by atomic mass is 9.99. The number of rotatable bonds is 6. The first-order valence-corrected chi connectivity index (χ1v) is 8.21. The molecule has 126 valence electrons. The van der Waals surface area contributed by atoms with Gasteiger partial charge in [-0.3, -0.25) is 9.78 Å². The normalized spacial score (nSPS) is 11.7. The number of nitrogens with zero attached hydrogens (tertiary/aromatic N) is 1. The molecule has 0 saturated carbocycles. The van der Waals surface area contributed by atoms with Crippen molar-refractivity contribution in [1.29, 1.82) is 0 Å². The number of aromatic nitrogens is 1. The Morgan fingerprint density at radius 2 is 1.68 bits per heavy atom. The minimum absolute atomic E-state index is 0.0741. The minimum atomic E-state index is -0.281. The van der Waals surface area contributed by atoms with E-state index in [4.69, 9.17) is 0 Å². The molecule has 0 fully saturated rings. The van der Waals surface area contributed by atoms with Crippen molar-refractivity contribution < 1.29 is 9.18 Å². The van der Waals surface area contributed by atoms with E-state index in [-0.39, 0.29) is 17.8 Å². The minimum Gasteiger partial charge on any atom is -0.345 e. The van der Waals surface area contributed by atoms with E-state index in [2.05, 4.69) is 10.3 Å². The van der Waals surface area contributed by atoms with Gasteiger partial charge in [-0.2, -0.15) is 0 Å². The number of amides is 1. The average molecular weight is 334 g/mol. The van der Waals surface area contributed by atoms with E-state index in [0.717, 1.165) is 16.7 Å². The summed E-state index contributed by atoms with van der Waals surface area (Å²) in [6.45, 7) is 0. The molecular formula is C21H19FN2O. The van der Waals surface area contributed by atoms with Crippen LogP contribution in [-0.4, -0.2) is 10.9 Å². The van der Waals surface area contributed by atoms with Crippen LogP contribution in [-0.2, 0) is 11.2 Å². The number of pyridine rings is 1. The Balaban J connectivity index is 1.71. The maximum absolute atomic E-state index is 13.2. The van der Waals surface area contributed by atoms with E-state index in [1.165, 1.54) is 12.1 Å². The van der Waals surface area contributed by atoms with Crippen molar-refractivity contribution >= 4 is 5.91 Å². The molecule has 4 heteroatoms. The molecule has 0 aliphatic heterocycles. The Kier molecular flexibility index (Phi) is 5.52. The van der Waals surface area contributed by atoms with Crippen molar-refractivity contribution in [2.24, 2.45) is 0 Å². The van der Waals surface area contributed by atoms with Crippen LogP contribution in [0.15, 0.2) is 79.1 Å². The zero-order chi connectivity index (χ0) is 17.5. The van der Waals surface area contributed by atoms with Crippen LogP contribution in [0.1, 0.15) is 29.2 Å². The maximum Gasteiger partial charge on any atom is 0.221 e. The summed E-state index contributed by atoms with van der Waals surface area (Å²) in [7, 11) is 0. The fourth-order valence-electron chi connectivity index (χ4n) is 2.74. The van der Waals surface area contributed by atoms with Crippen molar-refractivity contribution in [3.8, 4) is 0 Å². The summed E-state index contributed by atoms with van der Waals surface area (Å²) >= 11 is 0. The van der Waals surface area contributed by atoms with Crippen LogP contribution in [0.4, 0.5) is 4.39 Å². The molecule has 1 amide bonds. The third kappa shape index (κ3) is 4.73. The Labute approximate surface area is 146 Å². The fraction of sp³-hybridized carbons (Fsp3) is 0.143. The van der Waals surface area contributed by atoms with Crippen molar-refractivity contribution in [1.82, 2.24) is 10.3 Å². The molecule has 1 N–H and O–H groups in total. The summed E-state index contributed by atoms with van der Waals surface area (Å²) < 4.78 is 13.2. The first kappa shape index (κ1) is 16.8. The molecule has 3 aromatic rings. The van der Waals surface area contributed by atoms with Gasteiger partial charge in [0.15, 0.2) is 0 Å². The fourth-order valence-corrected chi connectivity index (χ4v) is 2.74. The van der Waals surface area contributed by atoms with Gasteiger partial charge >= 0.3 is 0 Å². The lowest BCUT2D eigenvalue weighted by molar-refractivity contribution is -0.121. The lowest BCUT2D eigenvalue weighted by Crippen LogP contribution is -2.29. The number of aryl methyl sites for hydroxylation is 1. The molecule has 25 heavy (non-hydrogen) atoms. The largest absolute Gasteiger partial charge is 0.345 e. The van der Waals surface area contributed by atoms with Gasteiger partial charge in [-0.15, -0.1) is 0 Å². The maximum atomic E-state index is 13.2. The highest BCUT2D eigenvalue weighted by Gasteiger charge is 2.16. The molecule has 0 aliphatic rings. The Hall–Kier alpha value is -3.01. The predicted molar refractivity (Wildman–Crippen MR) is 95.4 cm³/mol.